The molecule has 0 saturated carbocycles. The molecule has 0 amide bonds. The number of hydrogen-bond donors (Lipinski definition) is 0. The van der Waals surface area contributed by atoms with E-state index in [2.05, 4.69) is 80.6 Å². The first-order valence-electron chi connectivity index (χ1n) is 6.88. The van der Waals surface area contributed by atoms with Crippen molar-refractivity contribution in [2.45, 2.75) is 19.4 Å². The molecule has 2 rings (SSSR count). The van der Waals surface area contributed by atoms with Crippen molar-refractivity contribution in [1.82, 2.24) is 0 Å². The summed E-state index contributed by atoms with van der Waals surface area (Å²) in [7, 11) is 0.433. The SMILES string of the molecule is CC(C)=CCO[Si]C(c1ccccc1)c1ccccc1. The van der Waals surface area contributed by atoms with E-state index in [1.54, 1.807) is 0 Å². The number of allylic oxidation sites excluding steroid dienone is 1. The van der Waals surface area contributed by atoms with Crippen molar-refractivity contribution in [1.29, 1.82) is 0 Å². The molecule has 0 aliphatic heterocycles. The zero-order valence-corrected chi connectivity index (χ0v) is 13.0. The molecule has 0 saturated heterocycles. The fourth-order valence-electron chi connectivity index (χ4n) is 1.96. The first kappa shape index (κ1) is 14.8. The maximum Gasteiger partial charge on any atom is 0.243 e. The van der Waals surface area contributed by atoms with Crippen LogP contribution in [0.2, 0.25) is 0 Å². The first-order chi connectivity index (χ1) is 9.77. The van der Waals surface area contributed by atoms with Gasteiger partial charge in [-0.3, -0.25) is 0 Å². The van der Waals surface area contributed by atoms with E-state index in [-0.39, 0.29) is 0 Å². The molecule has 2 aromatic carbocycles. The van der Waals surface area contributed by atoms with Crippen molar-refractivity contribution in [3.05, 3.63) is 83.4 Å². The van der Waals surface area contributed by atoms with E-state index >= 15 is 0 Å². The second kappa shape index (κ2) is 7.83. The monoisotopic (exact) mass is 280 g/mol. The van der Waals surface area contributed by atoms with E-state index in [0.29, 0.717) is 21.9 Å². The van der Waals surface area contributed by atoms with Crippen LogP contribution in [-0.4, -0.2) is 16.4 Å². The summed E-state index contributed by atoms with van der Waals surface area (Å²) in [5, 5.41) is 0. The zero-order valence-electron chi connectivity index (χ0n) is 12.0. The smallest absolute Gasteiger partial charge is 0.243 e. The first-order valence-corrected chi connectivity index (χ1v) is 7.86. The van der Waals surface area contributed by atoms with E-state index in [9.17, 15) is 0 Å². The minimum absolute atomic E-state index is 0.322. The lowest BCUT2D eigenvalue weighted by molar-refractivity contribution is 0.379. The van der Waals surface area contributed by atoms with E-state index in [4.69, 9.17) is 4.43 Å². The van der Waals surface area contributed by atoms with E-state index < -0.39 is 0 Å². The topological polar surface area (TPSA) is 9.23 Å². The quantitative estimate of drug-likeness (QED) is 0.433. The van der Waals surface area contributed by atoms with Crippen LogP contribution in [0, 0.1) is 0 Å². The molecule has 2 aromatic rings. The summed E-state index contributed by atoms with van der Waals surface area (Å²) in [6.45, 7) is 4.88. The van der Waals surface area contributed by atoms with Gasteiger partial charge in [-0.05, 0) is 25.0 Å². The van der Waals surface area contributed by atoms with Crippen molar-refractivity contribution >= 4 is 9.76 Å². The highest BCUT2D eigenvalue weighted by atomic mass is 28.2. The molecule has 0 heterocycles. The largest absolute Gasteiger partial charge is 0.413 e. The highest BCUT2D eigenvalue weighted by molar-refractivity contribution is 6.31. The molecule has 2 radical (unpaired) electrons. The maximum absolute atomic E-state index is 5.87. The Kier molecular flexibility index (Phi) is 5.78. The summed E-state index contributed by atoms with van der Waals surface area (Å²) in [5.74, 6) is 0. The van der Waals surface area contributed by atoms with Crippen molar-refractivity contribution in [2.24, 2.45) is 0 Å². The molecule has 20 heavy (non-hydrogen) atoms. The van der Waals surface area contributed by atoms with E-state index in [1.165, 1.54) is 16.7 Å². The van der Waals surface area contributed by atoms with Crippen molar-refractivity contribution in [3.63, 3.8) is 0 Å². The second-order valence-corrected chi connectivity index (χ2v) is 6.07. The molecule has 0 aromatic heterocycles. The lowest BCUT2D eigenvalue weighted by Crippen LogP contribution is -2.13. The van der Waals surface area contributed by atoms with Crippen LogP contribution >= 0.6 is 0 Å². The van der Waals surface area contributed by atoms with Gasteiger partial charge in [-0.25, -0.2) is 0 Å². The molecule has 0 N–H and O–H groups in total. The average Bonchev–Trinajstić information content (AvgIpc) is 2.49. The Hall–Kier alpha value is -1.64. The molecular formula is C18H20OSi. The number of benzene rings is 2. The average molecular weight is 280 g/mol. The van der Waals surface area contributed by atoms with Crippen LogP contribution in [0.3, 0.4) is 0 Å². The van der Waals surface area contributed by atoms with Crippen LogP contribution in [-0.2, 0) is 4.43 Å². The molecule has 0 spiro atoms. The van der Waals surface area contributed by atoms with Crippen LogP contribution in [0.25, 0.3) is 0 Å². The standard InChI is InChI=1S/C18H20OSi/c1-15(2)13-14-19-20-18(16-9-5-3-6-10-16)17-11-7-4-8-12-17/h3-13,18H,14H2,1-2H3. The van der Waals surface area contributed by atoms with Gasteiger partial charge in [0.1, 0.15) is 0 Å². The van der Waals surface area contributed by atoms with E-state index in [0.717, 1.165) is 0 Å². The van der Waals surface area contributed by atoms with Gasteiger partial charge in [0.2, 0.25) is 9.76 Å². The highest BCUT2D eigenvalue weighted by Gasteiger charge is 2.15. The lowest BCUT2D eigenvalue weighted by atomic mass is 10.0. The van der Waals surface area contributed by atoms with E-state index in [1.807, 2.05) is 0 Å². The molecular weight excluding hydrogens is 260 g/mol. The van der Waals surface area contributed by atoms with Crippen LogP contribution in [0.15, 0.2) is 72.3 Å². The van der Waals surface area contributed by atoms with Crippen LogP contribution in [0.4, 0.5) is 0 Å². The molecule has 0 bridgehead atoms. The summed E-state index contributed by atoms with van der Waals surface area (Å²) in [5.41, 5.74) is 4.25. The third-order valence-corrected chi connectivity index (χ3v) is 4.28. The zero-order chi connectivity index (χ0) is 14.2. The molecule has 0 atom stereocenters. The predicted molar refractivity (Wildman–Crippen MR) is 85.9 cm³/mol. The maximum atomic E-state index is 5.87. The van der Waals surface area contributed by atoms with Crippen LogP contribution in [0.1, 0.15) is 30.5 Å². The van der Waals surface area contributed by atoms with Gasteiger partial charge in [-0.15, -0.1) is 0 Å². The highest BCUT2D eigenvalue weighted by Crippen LogP contribution is 2.23. The Morgan fingerprint density at radius 1 is 0.950 bits per heavy atom. The summed E-state index contributed by atoms with van der Waals surface area (Å²) in [6.07, 6.45) is 2.13. The minimum atomic E-state index is 0.322. The Morgan fingerprint density at radius 3 is 1.90 bits per heavy atom. The third-order valence-electron chi connectivity index (χ3n) is 3.04. The van der Waals surface area contributed by atoms with Gasteiger partial charge in [0.15, 0.2) is 0 Å². The van der Waals surface area contributed by atoms with Gasteiger partial charge in [0, 0.05) is 5.54 Å². The van der Waals surface area contributed by atoms with Crippen LogP contribution in [0.5, 0.6) is 0 Å². The summed E-state index contributed by atoms with van der Waals surface area (Å²) < 4.78 is 5.87. The molecule has 0 fully saturated rings. The van der Waals surface area contributed by atoms with Crippen LogP contribution < -0.4 is 0 Å². The molecule has 0 aliphatic carbocycles. The lowest BCUT2D eigenvalue weighted by Gasteiger charge is -2.16. The minimum Gasteiger partial charge on any atom is -0.413 e. The number of rotatable bonds is 6. The van der Waals surface area contributed by atoms with Crippen molar-refractivity contribution < 1.29 is 4.43 Å². The normalized spacial score (nSPS) is 10.6. The number of hydrogen-bond acceptors (Lipinski definition) is 1. The van der Waals surface area contributed by atoms with Gasteiger partial charge in [-0.1, -0.05) is 72.3 Å². The van der Waals surface area contributed by atoms with Gasteiger partial charge in [-0.2, -0.15) is 0 Å². The van der Waals surface area contributed by atoms with Gasteiger partial charge < -0.3 is 4.43 Å². The predicted octanol–water partition coefficient (Wildman–Crippen LogP) is 4.38. The molecule has 1 nitrogen and oxygen atoms in total. The Morgan fingerprint density at radius 2 is 1.45 bits per heavy atom. The van der Waals surface area contributed by atoms with Crippen molar-refractivity contribution in [2.75, 3.05) is 6.61 Å². The summed E-state index contributed by atoms with van der Waals surface area (Å²) >= 11 is 0. The Labute approximate surface area is 124 Å². The fourth-order valence-corrected chi connectivity index (χ4v) is 2.96. The fraction of sp³-hybridized carbons (Fsp3) is 0.222. The Bertz CT molecular complexity index is 490. The van der Waals surface area contributed by atoms with Gasteiger partial charge >= 0.3 is 0 Å². The van der Waals surface area contributed by atoms with Gasteiger partial charge in [0.05, 0.1) is 6.61 Å². The summed E-state index contributed by atoms with van der Waals surface area (Å²) in [4.78, 5) is 0. The molecule has 0 unspecified atom stereocenters. The van der Waals surface area contributed by atoms with Gasteiger partial charge in [0.25, 0.3) is 0 Å². The Balaban J connectivity index is 2.11. The second-order valence-electron chi connectivity index (χ2n) is 4.96. The third kappa shape index (κ3) is 4.48. The molecule has 0 aliphatic rings. The molecule has 2 heteroatoms. The van der Waals surface area contributed by atoms with Crippen molar-refractivity contribution in [3.8, 4) is 0 Å². The summed E-state index contributed by atoms with van der Waals surface area (Å²) in [6, 6.07) is 21.2. The molecule has 102 valence electrons.